The van der Waals surface area contributed by atoms with Crippen molar-refractivity contribution in [3.05, 3.63) is 12.5 Å². The molecule has 6 nitrogen and oxygen atoms in total. The summed E-state index contributed by atoms with van der Waals surface area (Å²) in [7, 11) is 0. The molecule has 0 bridgehead atoms. The van der Waals surface area contributed by atoms with Gasteiger partial charge in [-0.1, -0.05) is 0 Å². The molecule has 1 aliphatic heterocycles. The van der Waals surface area contributed by atoms with Crippen molar-refractivity contribution in [3.63, 3.8) is 0 Å². The van der Waals surface area contributed by atoms with Gasteiger partial charge in [0.1, 0.15) is 6.26 Å². The fraction of sp³-hybridized carbons (Fsp3) is 0.636. The minimum absolute atomic E-state index is 0.119. The van der Waals surface area contributed by atoms with E-state index in [1.165, 1.54) is 12.5 Å². The quantitative estimate of drug-likeness (QED) is 0.840. The first-order valence-corrected chi connectivity index (χ1v) is 5.80. The highest BCUT2D eigenvalue weighted by atomic mass is 16.5. The van der Waals surface area contributed by atoms with E-state index in [1.807, 2.05) is 6.92 Å². The molecule has 1 fully saturated rings. The molecule has 1 atom stereocenters. The van der Waals surface area contributed by atoms with Crippen LogP contribution in [0.2, 0.25) is 0 Å². The number of anilines is 1. The maximum Gasteiger partial charge on any atom is 0.323 e. The molecule has 1 aromatic rings. The van der Waals surface area contributed by atoms with Gasteiger partial charge in [-0.3, -0.25) is 5.32 Å². The van der Waals surface area contributed by atoms with Gasteiger partial charge in [0.25, 0.3) is 0 Å². The van der Waals surface area contributed by atoms with Gasteiger partial charge >= 0.3 is 12.0 Å². The number of aromatic nitrogens is 1. The summed E-state index contributed by atoms with van der Waals surface area (Å²) in [4.78, 5) is 15.4. The zero-order valence-electron chi connectivity index (χ0n) is 9.81. The van der Waals surface area contributed by atoms with E-state index in [9.17, 15) is 4.79 Å². The zero-order valence-corrected chi connectivity index (χ0v) is 9.81. The first kappa shape index (κ1) is 11.9. The second-order valence-corrected chi connectivity index (χ2v) is 4.17. The van der Waals surface area contributed by atoms with Crippen LogP contribution in [0.5, 0.6) is 0 Å². The molecule has 0 radical (unpaired) electrons. The molecular weight excluding hydrogens is 222 g/mol. The Labute approximate surface area is 99.7 Å². The normalized spacial score (nSPS) is 18.6. The van der Waals surface area contributed by atoms with Gasteiger partial charge in [-0.2, -0.15) is 0 Å². The minimum atomic E-state index is -0.286. The molecule has 0 aromatic carbocycles. The maximum absolute atomic E-state index is 11.6. The molecule has 2 heterocycles. The molecular formula is C11H17N3O3. The van der Waals surface area contributed by atoms with Crippen molar-refractivity contribution >= 4 is 12.0 Å². The Morgan fingerprint density at radius 3 is 2.94 bits per heavy atom. The lowest BCUT2D eigenvalue weighted by Crippen LogP contribution is -2.42. The molecule has 1 aliphatic rings. The lowest BCUT2D eigenvalue weighted by molar-refractivity contribution is 0.0573. The fourth-order valence-electron chi connectivity index (χ4n) is 1.96. The number of urea groups is 1. The summed E-state index contributed by atoms with van der Waals surface area (Å²) in [5, 5.41) is 5.42. The summed E-state index contributed by atoms with van der Waals surface area (Å²) in [6.07, 6.45) is 4.87. The van der Waals surface area contributed by atoms with E-state index in [0.29, 0.717) is 5.92 Å². The summed E-state index contributed by atoms with van der Waals surface area (Å²) in [5.41, 5.74) is 0. The lowest BCUT2D eigenvalue weighted by atomic mass is 9.93. The molecule has 0 aliphatic carbocycles. The van der Waals surface area contributed by atoms with E-state index in [0.717, 1.165) is 26.1 Å². The average molecular weight is 239 g/mol. The minimum Gasteiger partial charge on any atom is -0.432 e. The molecule has 2 N–H and O–H groups in total. The number of nitrogens with one attached hydrogen (secondary N) is 2. The molecule has 0 saturated carbocycles. The van der Waals surface area contributed by atoms with Gasteiger partial charge in [-0.05, 0) is 25.7 Å². The number of rotatable bonds is 3. The van der Waals surface area contributed by atoms with Crippen LogP contribution in [0.1, 0.15) is 19.8 Å². The molecule has 17 heavy (non-hydrogen) atoms. The van der Waals surface area contributed by atoms with Crippen molar-refractivity contribution < 1.29 is 13.9 Å². The standard InChI is InChI=1S/C11H17N3O3/c1-8(9-2-5-16-6-3-9)13-10(15)14-11-12-4-7-17-11/h4,7-9H,2-3,5-6H2,1H3,(H2,12,13,14,15)/t8-/m1/s1. The summed E-state index contributed by atoms with van der Waals surface area (Å²) >= 11 is 0. The van der Waals surface area contributed by atoms with Gasteiger partial charge < -0.3 is 14.5 Å². The molecule has 0 spiro atoms. The first-order chi connectivity index (χ1) is 8.25. The lowest BCUT2D eigenvalue weighted by Gasteiger charge is -2.28. The van der Waals surface area contributed by atoms with E-state index in [2.05, 4.69) is 15.6 Å². The van der Waals surface area contributed by atoms with Crippen molar-refractivity contribution in [2.75, 3.05) is 18.5 Å². The van der Waals surface area contributed by atoms with Crippen molar-refractivity contribution in [1.82, 2.24) is 10.3 Å². The highest BCUT2D eigenvalue weighted by Gasteiger charge is 2.22. The number of ether oxygens (including phenoxy) is 1. The third-order valence-corrected chi connectivity index (χ3v) is 2.98. The number of oxazole rings is 1. The summed E-state index contributed by atoms with van der Waals surface area (Å²) in [6.45, 7) is 3.56. The predicted molar refractivity (Wildman–Crippen MR) is 61.7 cm³/mol. The third kappa shape index (κ3) is 3.45. The molecule has 1 saturated heterocycles. The molecule has 6 heteroatoms. The smallest absolute Gasteiger partial charge is 0.323 e. The van der Waals surface area contributed by atoms with Gasteiger partial charge in [0.2, 0.25) is 0 Å². The van der Waals surface area contributed by atoms with E-state index in [1.54, 1.807) is 0 Å². The van der Waals surface area contributed by atoms with Crippen LogP contribution in [0.25, 0.3) is 0 Å². The van der Waals surface area contributed by atoms with Gasteiger partial charge in [0.05, 0.1) is 6.20 Å². The fourth-order valence-corrected chi connectivity index (χ4v) is 1.96. The van der Waals surface area contributed by atoms with Crippen LogP contribution in [0.15, 0.2) is 16.9 Å². The van der Waals surface area contributed by atoms with Gasteiger partial charge in [-0.15, -0.1) is 0 Å². The van der Waals surface area contributed by atoms with Gasteiger partial charge in [-0.25, -0.2) is 9.78 Å². The molecule has 2 amide bonds. The molecule has 0 unspecified atom stereocenters. The number of hydrogen-bond acceptors (Lipinski definition) is 4. The van der Waals surface area contributed by atoms with Crippen LogP contribution in [0, 0.1) is 5.92 Å². The second-order valence-electron chi connectivity index (χ2n) is 4.17. The van der Waals surface area contributed by atoms with Crippen LogP contribution in [-0.4, -0.2) is 30.3 Å². The number of carbonyl (C=O) groups excluding carboxylic acids is 1. The van der Waals surface area contributed by atoms with Crippen molar-refractivity contribution in [2.24, 2.45) is 5.92 Å². The Hall–Kier alpha value is -1.56. The van der Waals surface area contributed by atoms with Crippen molar-refractivity contribution in [3.8, 4) is 0 Å². The Balaban J connectivity index is 1.77. The van der Waals surface area contributed by atoms with Crippen LogP contribution in [0.3, 0.4) is 0 Å². The predicted octanol–water partition coefficient (Wildman–Crippen LogP) is 1.61. The average Bonchev–Trinajstić information content (AvgIpc) is 2.82. The second kappa shape index (κ2) is 5.67. The van der Waals surface area contributed by atoms with Crippen LogP contribution in [-0.2, 0) is 4.74 Å². The molecule has 94 valence electrons. The van der Waals surface area contributed by atoms with E-state index in [-0.39, 0.29) is 18.1 Å². The Morgan fingerprint density at radius 2 is 2.29 bits per heavy atom. The summed E-state index contributed by atoms with van der Waals surface area (Å²) in [6, 6.07) is 0.0435. The number of hydrogen-bond donors (Lipinski definition) is 2. The zero-order chi connectivity index (χ0) is 12.1. The van der Waals surface area contributed by atoms with E-state index in [4.69, 9.17) is 9.15 Å². The molecule has 2 rings (SSSR count). The number of carbonyl (C=O) groups is 1. The van der Waals surface area contributed by atoms with Crippen LogP contribution >= 0.6 is 0 Å². The Bertz CT molecular complexity index is 347. The van der Waals surface area contributed by atoms with E-state index >= 15 is 0 Å². The Morgan fingerprint density at radius 1 is 1.53 bits per heavy atom. The first-order valence-electron chi connectivity index (χ1n) is 5.80. The number of amides is 2. The topological polar surface area (TPSA) is 76.4 Å². The van der Waals surface area contributed by atoms with Crippen LogP contribution < -0.4 is 10.6 Å². The monoisotopic (exact) mass is 239 g/mol. The molecule has 1 aromatic heterocycles. The maximum atomic E-state index is 11.6. The highest BCUT2D eigenvalue weighted by Crippen LogP contribution is 2.18. The van der Waals surface area contributed by atoms with Crippen molar-refractivity contribution in [1.29, 1.82) is 0 Å². The summed E-state index contributed by atoms with van der Waals surface area (Å²) in [5.74, 6) is 0.471. The van der Waals surface area contributed by atoms with Gasteiger partial charge in [0, 0.05) is 19.3 Å². The Kier molecular flexibility index (Phi) is 3.98. The van der Waals surface area contributed by atoms with Gasteiger partial charge in [0.15, 0.2) is 0 Å². The summed E-state index contributed by atoms with van der Waals surface area (Å²) < 4.78 is 10.2. The third-order valence-electron chi connectivity index (χ3n) is 2.98. The van der Waals surface area contributed by atoms with E-state index < -0.39 is 0 Å². The highest BCUT2D eigenvalue weighted by molar-refractivity contribution is 5.87. The van der Waals surface area contributed by atoms with Crippen molar-refractivity contribution in [2.45, 2.75) is 25.8 Å². The number of nitrogens with zero attached hydrogens (tertiary/aromatic N) is 1. The largest absolute Gasteiger partial charge is 0.432 e. The SMILES string of the molecule is C[C@@H](NC(=O)Nc1ncco1)C1CCOCC1. The van der Waals surface area contributed by atoms with Crippen LogP contribution in [0.4, 0.5) is 10.8 Å².